The molecule has 0 unspecified atom stereocenters. The molecule has 12 heteroatoms. The number of hydrogen-bond donors (Lipinski definition) is 1. The molecule has 0 spiro atoms. The van der Waals surface area contributed by atoms with Gasteiger partial charge in [0.05, 0.1) is 27.7 Å². The standard InChI is InChI=1S/C22H16Cl3F3N2O3S/c23-16-8-6-14(19(25)11-16)12-30(34(32,33)17-4-2-1-3-5-17)13-21(31)29-20-10-15(22(26,27)28)7-9-18(20)24/h1-11H,12-13H2,(H,29,31). The van der Waals surface area contributed by atoms with Crippen LogP contribution in [0.25, 0.3) is 0 Å². The third kappa shape index (κ3) is 6.43. The second-order valence-electron chi connectivity index (χ2n) is 7.06. The van der Waals surface area contributed by atoms with E-state index in [9.17, 15) is 26.4 Å². The molecule has 0 bridgehead atoms. The van der Waals surface area contributed by atoms with Crippen molar-refractivity contribution >= 4 is 56.4 Å². The number of benzene rings is 3. The van der Waals surface area contributed by atoms with Gasteiger partial charge >= 0.3 is 6.18 Å². The van der Waals surface area contributed by atoms with Crippen molar-refractivity contribution in [3.05, 3.63) is 92.9 Å². The maximum absolute atomic E-state index is 13.3. The predicted molar refractivity (Wildman–Crippen MR) is 126 cm³/mol. The molecule has 1 amide bonds. The van der Waals surface area contributed by atoms with E-state index in [0.717, 1.165) is 16.4 Å². The molecule has 3 aromatic carbocycles. The first-order chi connectivity index (χ1) is 15.9. The molecule has 0 atom stereocenters. The average Bonchev–Trinajstić information content (AvgIpc) is 2.76. The van der Waals surface area contributed by atoms with Crippen LogP contribution in [0.15, 0.2) is 71.6 Å². The number of alkyl halides is 3. The minimum absolute atomic E-state index is 0.0787. The van der Waals surface area contributed by atoms with E-state index in [0.29, 0.717) is 16.7 Å². The van der Waals surface area contributed by atoms with Gasteiger partial charge in [-0.25, -0.2) is 8.42 Å². The molecule has 34 heavy (non-hydrogen) atoms. The lowest BCUT2D eigenvalue weighted by molar-refractivity contribution is -0.137. The van der Waals surface area contributed by atoms with Crippen molar-refractivity contribution in [1.82, 2.24) is 4.31 Å². The Labute approximate surface area is 209 Å². The Hall–Kier alpha value is -2.30. The quantitative estimate of drug-likeness (QED) is 0.365. The highest BCUT2D eigenvalue weighted by molar-refractivity contribution is 7.89. The molecule has 0 aromatic heterocycles. The largest absolute Gasteiger partial charge is 0.416 e. The van der Waals surface area contributed by atoms with Crippen LogP contribution < -0.4 is 5.32 Å². The van der Waals surface area contributed by atoms with Gasteiger partial charge in [-0.1, -0.05) is 59.1 Å². The highest BCUT2D eigenvalue weighted by Crippen LogP contribution is 2.34. The summed E-state index contributed by atoms with van der Waals surface area (Å²) in [6.07, 6.45) is -4.65. The number of amides is 1. The number of anilines is 1. The molecule has 0 fully saturated rings. The van der Waals surface area contributed by atoms with Crippen LogP contribution in [-0.4, -0.2) is 25.2 Å². The van der Waals surface area contributed by atoms with Crippen molar-refractivity contribution in [2.45, 2.75) is 17.6 Å². The lowest BCUT2D eigenvalue weighted by Crippen LogP contribution is -2.37. The van der Waals surface area contributed by atoms with Crippen molar-refractivity contribution in [2.75, 3.05) is 11.9 Å². The first-order valence-electron chi connectivity index (χ1n) is 9.53. The van der Waals surface area contributed by atoms with Crippen LogP contribution in [0.1, 0.15) is 11.1 Å². The number of nitrogens with one attached hydrogen (secondary N) is 1. The maximum Gasteiger partial charge on any atom is 0.416 e. The molecule has 5 nitrogen and oxygen atoms in total. The number of rotatable bonds is 7. The van der Waals surface area contributed by atoms with Crippen molar-refractivity contribution in [3.63, 3.8) is 0 Å². The van der Waals surface area contributed by atoms with Crippen LogP contribution >= 0.6 is 34.8 Å². The minimum Gasteiger partial charge on any atom is -0.324 e. The van der Waals surface area contributed by atoms with Crippen molar-refractivity contribution in [2.24, 2.45) is 0 Å². The van der Waals surface area contributed by atoms with E-state index in [1.54, 1.807) is 6.07 Å². The summed E-state index contributed by atoms with van der Waals surface area (Å²) in [6.45, 7) is -1.01. The van der Waals surface area contributed by atoms with Gasteiger partial charge in [0.1, 0.15) is 0 Å². The highest BCUT2D eigenvalue weighted by Gasteiger charge is 2.32. The fourth-order valence-electron chi connectivity index (χ4n) is 2.95. The van der Waals surface area contributed by atoms with Crippen molar-refractivity contribution in [1.29, 1.82) is 0 Å². The zero-order chi connectivity index (χ0) is 25.1. The monoisotopic (exact) mass is 550 g/mol. The van der Waals surface area contributed by atoms with Crippen LogP contribution in [0.3, 0.4) is 0 Å². The molecule has 0 aliphatic heterocycles. The smallest absolute Gasteiger partial charge is 0.324 e. The van der Waals surface area contributed by atoms with Crippen LogP contribution in [0.5, 0.6) is 0 Å². The SMILES string of the molecule is O=C(CN(Cc1ccc(Cl)cc1Cl)S(=O)(=O)c1ccccc1)Nc1cc(C(F)(F)F)ccc1Cl. The fourth-order valence-corrected chi connectivity index (χ4v) is 4.98. The third-order valence-corrected chi connectivity index (χ3v) is 7.35. The van der Waals surface area contributed by atoms with E-state index in [1.165, 1.54) is 42.5 Å². The summed E-state index contributed by atoms with van der Waals surface area (Å²) in [5.41, 5.74) is -0.951. The molecule has 180 valence electrons. The van der Waals surface area contributed by atoms with Gasteiger partial charge in [0, 0.05) is 16.6 Å². The summed E-state index contributed by atoms with van der Waals surface area (Å²) >= 11 is 18.0. The Morgan fingerprint density at radius 1 is 0.912 bits per heavy atom. The van der Waals surface area contributed by atoms with Gasteiger partial charge in [-0.05, 0) is 48.0 Å². The molecule has 0 saturated carbocycles. The molecule has 0 aliphatic rings. The van der Waals surface area contributed by atoms with Gasteiger partial charge in [0.2, 0.25) is 15.9 Å². The van der Waals surface area contributed by atoms with Gasteiger partial charge in [0.25, 0.3) is 0 Å². The third-order valence-electron chi connectivity index (χ3n) is 4.63. The second kappa shape index (κ2) is 10.5. The Balaban J connectivity index is 1.92. The van der Waals surface area contributed by atoms with E-state index < -0.39 is 34.2 Å². The van der Waals surface area contributed by atoms with Crippen molar-refractivity contribution < 1.29 is 26.4 Å². The molecule has 0 heterocycles. The van der Waals surface area contributed by atoms with E-state index in [1.807, 2.05) is 0 Å². The summed E-state index contributed by atoms with van der Waals surface area (Å²) in [5, 5.41) is 2.63. The number of hydrogen-bond acceptors (Lipinski definition) is 3. The minimum atomic E-state index is -4.65. The van der Waals surface area contributed by atoms with Crippen molar-refractivity contribution in [3.8, 4) is 0 Å². The van der Waals surface area contributed by atoms with E-state index in [2.05, 4.69) is 5.32 Å². The van der Waals surface area contributed by atoms with Gasteiger partial charge in [-0.15, -0.1) is 0 Å². The summed E-state index contributed by atoms with van der Waals surface area (Å²) in [6, 6.07) is 14.3. The molecular formula is C22H16Cl3F3N2O3S. The number of carbonyl (C=O) groups is 1. The van der Waals surface area contributed by atoms with Gasteiger partial charge in [-0.3, -0.25) is 4.79 Å². The normalized spacial score (nSPS) is 12.1. The maximum atomic E-state index is 13.3. The number of halogens is 6. The van der Waals surface area contributed by atoms with E-state index in [-0.39, 0.29) is 27.2 Å². The summed E-state index contributed by atoms with van der Waals surface area (Å²) in [4.78, 5) is 12.7. The molecule has 1 N–H and O–H groups in total. The number of carbonyl (C=O) groups excluding carboxylic acids is 1. The Morgan fingerprint density at radius 2 is 1.59 bits per heavy atom. The summed E-state index contributed by atoms with van der Waals surface area (Å²) < 4.78 is 66.5. The molecule has 0 radical (unpaired) electrons. The number of nitrogens with zero attached hydrogens (tertiary/aromatic N) is 1. The molecule has 0 saturated heterocycles. The Kier molecular flexibility index (Phi) is 8.15. The Bertz CT molecular complexity index is 1300. The molecule has 3 aromatic rings. The van der Waals surface area contributed by atoms with Crippen LogP contribution in [0.4, 0.5) is 18.9 Å². The van der Waals surface area contributed by atoms with Crippen LogP contribution in [-0.2, 0) is 27.5 Å². The molecular weight excluding hydrogens is 536 g/mol. The Morgan fingerprint density at radius 3 is 2.21 bits per heavy atom. The summed E-state index contributed by atoms with van der Waals surface area (Å²) in [5.74, 6) is -0.897. The fraction of sp³-hybridized carbons (Fsp3) is 0.136. The lowest BCUT2D eigenvalue weighted by Gasteiger charge is -2.23. The molecule has 0 aliphatic carbocycles. The van der Waals surface area contributed by atoms with E-state index >= 15 is 0 Å². The predicted octanol–water partition coefficient (Wildman–Crippen LogP) is 6.50. The van der Waals surface area contributed by atoms with Gasteiger partial charge in [-0.2, -0.15) is 17.5 Å². The average molecular weight is 552 g/mol. The molecule has 3 rings (SSSR count). The van der Waals surface area contributed by atoms with Crippen LogP contribution in [0.2, 0.25) is 15.1 Å². The van der Waals surface area contributed by atoms with Gasteiger partial charge < -0.3 is 5.32 Å². The topological polar surface area (TPSA) is 66.5 Å². The first-order valence-corrected chi connectivity index (χ1v) is 12.1. The zero-order valence-corrected chi connectivity index (χ0v) is 20.2. The van der Waals surface area contributed by atoms with E-state index in [4.69, 9.17) is 34.8 Å². The highest BCUT2D eigenvalue weighted by atomic mass is 35.5. The summed E-state index contributed by atoms with van der Waals surface area (Å²) in [7, 11) is -4.19. The lowest BCUT2D eigenvalue weighted by atomic mass is 10.2. The first kappa shape index (κ1) is 26.3. The zero-order valence-electron chi connectivity index (χ0n) is 17.1. The second-order valence-corrected chi connectivity index (χ2v) is 10.3. The van der Waals surface area contributed by atoms with Gasteiger partial charge in [0.15, 0.2) is 0 Å². The number of sulfonamides is 1. The van der Waals surface area contributed by atoms with Crippen LogP contribution in [0, 0.1) is 0 Å².